The number of esters is 1. The summed E-state index contributed by atoms with van der Waals surface area (Å²) in [5, 5.41) is 15.6. The number of nitrogens with one attached hydrogen (secondary N) is 2. The molecule has 12 nitrogen and oxygen atoms in total. The highest BCUT2D eigenvalue weighted by atomic mass is 16.6. The van der Waals surface area contributed by atoms with Crippen molar-refractivity contribution < 1.29 is 28.7 Å². The molecule has 0 spiro atoms. The van der Waals surface area contributed by atoms with Gasteiger partial charge >= 0.3 is 12.1 Å². The van der Waals surface area contributed by atoms with Crippen LogP contribution in [-0.4, -0.2) is 80.1 Å². The van der Waals surface area contributed by atoms with Crippen molar-refractivity contribution in [2.45, 2.75) is 90.6 Å². The summed E-state index contributed by atoms with van der Waals surface area (Å²) >= 11 is 0. The Balaban J connectivity index is 1.53. The van der Waals surface area contributed by atoms with Crippen molar-refractivity contribution in [3.63, 3.8) is 0 Å². The van der Waals surface area contributed by atoms with Crippen LogP contribution >= 0.6 is 0 Å². The lowest BCUT2D eigenvalue weighted by Gasteiger charge is -2.36. The fraction of sp³-hybridized carbons (Fsp3) is 0.474. The van der Waals surface area contributed by atoms with Gasteiger partial charge in [-0.3, -0.25) is 9.59 Å². The summed E-state index contributed by atoms with van der Waals surface area (Å²) in [6.07, 6.45) is 1.39. The standard InChI is InChI=1S/C38H48N6O6/c1-9-26-22-38(26,34(47)49-10-2)40-32(45)28-21-27(23-43(28)33(46)31(36(3,4)5)39-35(48)50-37(6,7)8)44-41-29(24-17-13-11-14-18-24)30(42-44)25-19-15-12-16-20-25/h9,11-20,26-28,31H,1,10,21-23H2,2-8H3,(H,39,48)(H,40,45). The molecule has 1 aliphatic carbocycles. The van der Waals surface area contributed by atoms with E-state index in [4.69, 9.17) is 19.7 Å². The maximum absolute atomic E-state index is 14.6. The lowest BCUT2D eigenvalue weighted by atomic mass is 9.85. The number of hydrogen-bond acceptors (Lipinski definition) is 8. The number of ether oxygens (including phenoxy) is 2. The number of carbonyl (C=O) groups excluding carboxylic acids is 4. The second-order valence-corrected chi connectivity index (χ2v) is 15.0. The van der Waals surface area contributed by atoms with E-state index in [9.17, 15) is 19.2 Å². The summed E-state index contributed by atoms with van der Waals surface area (Å²) in [6.45, 7) is 16.5. The molecule has 1 saturated carbocycles. The first-order valence-corrected chi connectivity index (χ1v) is 17.1. The van der Waals surface area contributed by atoms with Crippen LogP contribution in [0.2, 0.25) is 0 Å². The molecule has 3 amide bonds. The van der Waals surface area contributed by atoms with Gasteiger partial charge in [0.1, 0.15) is 34.6 Å². The van der Waals surface area contributed by atoms with Gasteiger partial charge in [0, 0.05) is 30.0 Å². The molecule has 266 valence electrons. The zero-order valence-electron chi connectivity index (χ0n) is 29.9. The number of likely N-dealkylation sites (tertiary alicyclic amines) is 1. The van der Waals surface area contributed by atoms with Crippen LogP contribution in [0.4, 0.5) is 4.79 Å². The number of alkyl carbamates (subject to hydrolysis) is 1. The zero-order chi connectivity index (χ0) is 36.4. The molecular weight excluding hydrogens is 636 g/mol. The number of rotatable bonds is 10. The van der Waals surface area contributed by atoms with E-state index in [0.29, 0.717) is 17.8 Å². The third-order valence-corrected chi connectivity index (χ3v) is 8.97. The molecular formula is C38H48N6O6. The Labute approximate surface area is 293 Å². The Kier molecular flexibility index (Phi) is 10.2. The van der Waals surface area contributed by atoms with Crippen molar-refractivity contribution in [2.24, 2.45) is 11.3 Å². The summed E-state index contributed by atoms with van der Waals surface area (Å²) in [5.41, 5.74) is 0.257. The molecule has 12 heteroatoms. The average Bonchev–Trinajstić information content (AvgIpc) is 3.37. The third-order valence-electron chi connectivity index (χ3n) is 8.97. The fourth-order valence-corrected chi connectivity index (χ4v) is 6.34. The number of aromatic nitrogens is 3. The maximum atomic E-state index is 14.6. The molecule has 2 heterocycles. The van der Waals surface area contributed by atoms with Crippen LogP contribution in [0.5, 0.6) is 0 Å². The van der Waals surface area contributed by atoms with Crippen LogP contribution < -0.4 is 10.6 Å². The molecule has 0 radical (unpaired) electrons. The Morgan fingerprint density at radius 2 is 1.52 bits per heavy atom. The summed E-state index contributed by atoms with van der Waals surface area (Å²) in [7, 11) is 0. The summed E-state index contributed by atoms with van der Waals surface area (Å²) in [4.78, 5) is 57.9. The minimum Gasteiger partial charge on any atom is -0.464 e. The van der Waals surface area contributed by atoms with Gasteiger partial charge in [-0.1, -0.05) is 87.5 Å². The smallest absolute Gasteiger partial charge is 0.408 e. The molecule has 5 unspecified atom stereocenters. The Hall–Kier alpha value is -5.00. The number of benzene rings is 2. The highest BCUT2D eigenvalue weighted by Gasteiger charge is 2.62. The van der Waals surface area contributed by atoms with Crippen LogP contribution in [-0.2, 0) is 23.9 Å². The molecule has 5 rings (SSSR count). The molecule has 2 aliphatic rings. The predicted molar refractivity (Wildman–Crippen MR) is 188 cm³/mol. The van der Waals surface area contributed by atoms with Gasteiger partial charge in [-0.05, 0) is 39.5 Å². The van der Waals surface area contributed by atoms with Gasteiger partial charge in [-0.2, -0.15) is 15.0 Å². The van der Waals surface area contributed by atoms with Crippen molar-refractivity contribution in [1.29, 1.82) is 0 Å². The van der Waals surface area contributed by atoms with E-state index in [1.54, 1.807) is 38.6 Å². The Morgan fingerprint density at radius 1 is 0.960 bits per heavy atom. The maximum Gasteiger partial charge on any atom is 0.408 e. The Bertz CT molecular complexity index is 1670. The van der Waals surface area contributed by atoms with E-state index in [1.807, 2.05) is 81.4 Å². The van der Waals surface area contributed by atoms with Crippen molar-refractivity contribution in [3.8, 4) is 22.5 Å². The van der Waals surface area contributed by atoms with Gasteiger partial charge in [-0.15, -0.1) is 6.58 Å². The van der Waals surface area contributed by atoms with Crippen molar-refractivity contribution >= 4 is 23.9 Å². The number of carbonyl (C=O) groups is 4. The van der Waals surface area contributed by atoms with Gasteiger partial charge in [0.2, 0.25) is 11.8 Å². The number of hydrogen-bond donors (Lipinski definition) is 2. The fourth-order valence-electron chi connectivity index (χ4n) is 6.34. The quantitative estimate of drug-likeness (QED) is 0.216. The molecule has 2 aromatic carbocycles. The molecule has 0 bridgehead atoms. The molecule has 2 fully saturated rings. The molecule has 1 aromatic heterocycles. The van der Waals surface area contributed by atoms with Crippen molar-refractivity contribution in [1.82, 2.24) is 30.5 Å². The molecule has 1 aliphatic heterocycles. The number of nitrogens with zero attached hydrogens (tertiary/aromatic N) is 4. The van der Waals surface area contributed by atoms with Crippen LogP contribution in [0.3, 0.4) is 0 Å². The third kappa shape index (κ3) is 7.74. The first-order valence-electron chi connectivity index (χ1n) is 17.1. The molecule has 2 N–H and O–H groups in total. The predicted octanol–water partition coefficient (Wildman–Crippen LogP) is 5.32. The first kappa shape index (κ1) is 36.3. The molecule has 1 saturated heterocycles. The van der Waals surface area contributed by atoms with Gasteiger partial charge in [0.05, 0.1) is 12.6 Å². The lowest BCUT2D eigenvalue weighted by molar-refractivity contribution is -0.150. The van der Waals surface area contributed by atoms with E-state index in [2.05, 4.69) is 17.2 Å². The van der Waals surface area contributed by atoms with Crippen LogP contribution in [0.25, 0.3) is 22.5 Å². The average molecular weight is 685 g/mol. The largest absolute Gasteiger partial charge is 0.464 e. The highest BCUT2D eigenvalue weighted by Crippen LogP contribution is 2.46. The minimum absolute atomic E-state index is 0.0773. The van der Waals surface area contributed by atoms with E-state index < -0.39 is 58.6 Å². The van der Waals surface area contributed by atoms with Gasteiger partial charge in [-0.25, -0.2) is 9.59 Å². The normalized spacial score (nSPS) is 22.3. The zero-order valence-corrected chi connectivity index (χ0v) is 29.9. The lowest BCUT2D eigenvalue weighted by Crippen LogP contribution is -2.59. The number of amides is 3. The van der Waals surface area contributed by atoms with Gasteiger partial charge in [0.15, 0.2) is 0 Å². The molecule has 5 atom stereocenters. The highest BCUT2D eigenvalue weighted by molar-refractivity contribution is 5.96. The van der Waals surface area contributed by atoms with Crippen LogP contribution in [0.1, 0.15) is 67.3 Å². The van der Waals surface area contributed by atoms with Crippen LogP contribution in [0, 0.1) is 11.3 Å². The molecule has 3 aromatic rings. The minimum atomic E-state index is -1.26. The van der Waals surface area contributed by atoms with E-state index in [1.165, 1.54) is 4.90 Å². The second-order valence-electron chi connectivity index (χ2n) is 15.0. The second kappa shape index (κ2) is 14.1. The van der Waals surface area contributed by atoms with E-state index in [0.717, 1.165) is 11.1 Å². The van der Waals surface area contributed by atoms with Gasteiger partial charge < -0.3 is 25.0 Å². The summed E-state index contributed by atoms with van der Waals surface area (Å²) < 4.78 is 10.8. The van der Waals surface area contributed by atoms with E-state index >= 15 is 0 Å². The topological polar surface area (TPSA) is 145 Å². The SMILES string of the molecule is C=CC1CC1(NC(=O)C1CC(n2nc(-c3ccccc3)c(-c3ccccc3)n2)CN1C(=O)C(NC(=O)OC(C)(C)C)C(C)(C)C)C(=O)OCC. The van der Waals surface area contributed by atoms with Crippen molar-refractivity contribution in [2.75, 3.05) is 13.2 Å². The molecule has 50 heavy (non-hydrogen) atoms. The van der Waals surface area contributed by atoms with Gasteiger partial charge in [0.25, 0.3) is 0 Å². The van der Waals surface area contributed by atoms with Crippen molar-refractivity contribution in [3.05, 3.63) is 73.3 Å². The summed E-state index contributed by atoms with van der Waals surface area (Å²) in [5.74, 6) is -1.83. The monoisotopic (exact) mass is 684 g/mol. The van der Waals surface area contributed by atoms with Crippen LogP contribution in [0.15, 0.2) is 73.3 Å². The Morgan fingerprint density at radius 3 is 1.98 bits per heavy atom. The summed E-state index contributed by atoms with van der Waals surface area (Å²) in [6, 6.07) is 16.8. The first-order chi connectivity index (χ1) is 23.6. The van der Waals surface area contributed by atoms with E-state index in [-0.39, 0.29) is 25.5 Å².